The highest BCUT2D eigenvalue weighted by molar-refractivity contribution is 7.99. The van der Waals surface area contributed by atoms with E-state index < -0.39 is 0 Å². The standard InChI is InChI=1S/C22H19ClN4O4S2/c1-29-15-7-8-16(18(11-15)30-2)20-25-26-22(31-20)33-13-19(28)24-21-27(9-10-32-21)12-14-5-3-4-6-17(14)23/h3-11H,12-13H2,1-2H3. The summed E-state index contributed by atoms with van der Waals surface area (Å²) in [5.41, 5.74) is 1.58. The topological polar surface area (TPSA) is 91.7 Å². The molecule has 0 aliphatic carbocycles. The molecule has 4 rings (SSSR count). The van der Waals surface area contributed by atoms with Crippen molar-refractivity contribution in [3.63, 3.8) is 0 Å². The Hall–Kier alpha value is -3.08. The molecule has 0 bridgehead atoms. The lowest BCUT2D eigenvalue weighted by atomic mass is 10.2. The van der Waals surface area contributed by atoms with Gasteiger partial charge in [0.1, 0.15) is 11.5 Å². The molecule has 2 aromatic heterocycles. The van der Waals surface area contributed by atoms with Crippen LogP contribution in [0.15, 0.2) is 68.7 Å². The van der Waals surface area contributed by atoms with Crippen LogP contribution in [-0.4, -0.2) is 40.6 Å². The molecule has 33 heavy (non-hydrogen) atoms. The van der Waals surface area contributed by atoms with E-state index >= 15 is 0 Å². The van der Waals surface area contributed by atoms with Gasteiger partial charge in [-0.1, -0.05) is 41.6 Å². The third-order valence-electron chi connectivity index (χ3n) is 4.54. The quantitative estimate of drug-likeness (QED) is 0.327. The fraction of sp³-hybridized carbons (Fsp3) is 0.182. The Labute approximate surface area is 202 Å². The molecule has 0 fully saturated rings. The number of carbonyl (C=O) groups is 1. The van der Waals surface area contributed by atoms with Gasteiger partial charge < -0.3 is 18.5 Å². The number of halogens is 1. The van der Waals surface area contributed by atoms with Gasteiger partial charge in [-0.3, -0.25) is 4.79 Å². The molecular weight excluding hydrogens is 484 g/mol. The van der Waals surface area contributed by atoms with E-state index in [4.69, 9.17) is 25.5 Å². The summed E-state index contributed by atoms with van der Waals surface area (Å²) < 4.78 is 18.2. The van der Waals surface area contributed by atoms with Crippen LogP contribution in [0.1, 0.15) is 5.56 Å². The van der Waals surface area contributed by atoms with Crippen LogP contribution in [-0.2, 0) is 11.3 Å². The third-order valence-corrected chi connectivity index (χ3v) is 6.51. The van der Waals surface area contributed by atoms with Crippen molar-refractivity contribution in [1.82, 2.24) is 14.8 Å². The molecule has 0 aliphatic heterocycles. The third kappa shape index (κ3) is 5.65. The van der Waals surface area contributed by atoms with Crippen LogP contribution in [0.25, 0.3) is 11.5 Å². The summed E-state index contributed by atoms with van der Waals surface area (Å²) in [5.74, 6) is 1.23. The van der Waals surface area contributed by atoms with Gasteiger partial charge >= 0.3 is 0 Å². The van der Waals surface area contributed by atoms with Gasteiger partial charge in [0.2, 0.25) is 0 Å². The molecular formula is C22H19ClN4O4S2. The number of hydrogen-bond acceptors (Lipinski definition) is 8. The number of rotatable bonds is 8. The van der Waals surface area contributed by atoms with Gasteiger partial charge in [0.25, 0.3) is 17.0 Å². The molecule has 11 heteroatoms. The summed E-state index contributed by atoms with van der Waals surface area (Å²) in [6.45, 7) is 0.527. The molecule has 0 unspecified atom stereocenters. The highest BCUT2D eigenvalue weighted by atomic mass is 35.5. The van der Waals surface area contributed by atoms with Crippen LogP contribution in [0.2, 0.25) is 5.02 Å². The molecule has 2 aromatic carbocycles. The molecule has 8 nitrogen and oxygen atoms in total. The smallest absolute Gasteiger partial charge is 0.277 e. The first-order valence-corrected chi connectivity index (χ1v) is 12.0. The number of thiazole rings is 1. The Bertz CT molecular complexity index is 1330. The summed E-state index contributed by atoms with van der Waals surface area (Å²) in [5, 5.41) is 10.9. The number of ether oxygens (including phenoxy) is 2. The predicted octanol–water partition coefficient (Wildman–Crippen LogP) is 4.54. The summed E-state index contributed by atoms with van der Waals surface area (Å²) >= 11 is 8.75. The van der Waals surface area contributed by atoms with Crippen LogP contribution < -0.4 is 14.3 Å². The summed E-state index contributed by atoms with van der Waals surface area (Å²) in [4.78, 5) is 17.3. The molecule has 0 N–H and O–H groups in total. The Balaban J connectivity index is 1.43. The van der Waals surface area contributed by atoms with Gasteiger partial charge in [-0.05, 0) is 23.8 Å². The molecule has 4 aromatic rings. The molecule has 0 aliphatic rings. The summed E-state index contributed by atoms with van der Waals surface area (Å²) in [6.07, 6.45) is 1.87. The zero-order valence-electron chi connectivity index (χ0n) is 17.7. The van der Waals surface area contributed by atoms with Crippen molar-refractivity contribution < 1.29 is 18.7 Å². The first-order chi connectivity index (χ1) is 16.1. The second-order valence-corrected chi connectivity index (χ2v) is 8.85. The van der Waals surface area contributed by atoms with Crippen molar-refractivity contribution in [3.05, 3.63) is 69.4 Å². The maximum Gasteiger partial charge on any atom is 0.277 e. The number of benzene rings is 2. The Morgan fingerprint density at radius 1 is 1.21 bits per heavy atom. The van der Waals surface area contributed by atoms with Gasteiger partial charge in [0.15, 0.2) is 4.80 Å². The van der Waals surface area contributed by atoms with Gasteiger partial charge in [-0.25, -0.2) is 0 Å². The van der Waals surface area contributed by atoms with Crippen molar-refractivity contribution in [2.24, 2.45) is 4.99 Å². The zero-order chi connectivity index (χ0) is 23.2. The first kappa shape index (κ1) is 23.1. The average molecular weight is 503 g/mol. The number of methoxy groups -OCH3 is 2. The Morgan fingerprint density at radius 2 is 2.06 bits per heavy atom. The second-order valence-electron chi connectivity index (χ2n) is 6.64. The second kappa shape index (κ2) is 10.7. The monoisotopic (exact) mass is 502 g/mol. The number of thioether (sulfide) groups is 1. The first-order valence-electron chi connectivity index (χ1n) is 9.71. The van der Waals surface area contributed by atoms with Crippen molar-refractivity contribution in [2.75, 3.05) is 20.0 Å². The van der Waals surface area contributed by atoms with Crippen LogP contribution >= 0.6 is 34.7 Å². The molecule has 0 saturated heterocycles. The van der Waals surface area contributed by atoms with Gasteiger partial charge in [-0.15, -0.1) is 21.5 Å². The largest absolute Gasteiger partial charge is 0.497 e. The highest BCUT2D eigenvalue weighted by Gasteiger charge is 2.16. The van der Waals surface area contributed by atoms with E-state index in [9.17, 15) is 4.79 Å². The highest BCUT2D eigenvalue weighted by Crippen LogP contribution is 2.33. The molecule has 2 heterocycles. The Morgan fingerprint density at radius 3 is 2.85 bits per heavy atom. The SMILES string of the molecule is COc1ccc(-c2nnc(SCC(=O)N=c3sccn3Cc3ccccc3Cl)o2)c(OC)c1. The zero-order valence-corrected chi connectivity index (χ0v) is 20.1. The van der Waals surface area contributed by atoms with E-state index in [1.165, 1.54) is 11.3 Å². The molecule has 170 valence electrons. The van der Waals surface area contributed by atoms with Crippen LogP contribution in [0, 0.1) is 0 Å². The molecule has 1 amide bonds. The lowest BCUT2D eigenvalue weighted by Gasteiger charge is -2.07. The van der Waals surface area contributed by atoms with E-state index in [1.807, 2.05) is 40.4 Å². The van der Waals surface area contributed by atoms with E-state index in [0.29, 0.717) is 33.4 Å². The summed E-state index contributed by atoms with van der Waals surface area (Å²) in [6, 6.07) is 12.9. The fourth-order valence-electron chi connectivity index (χ4n) is 2.93. The number of hydrogen-bond donors (Lipinski definition) is 0. The van der Waals surface area contributed by atoms with Gasteiger partial charge in [0, 0.05) is 22.7 Å². The minimum Gasteiger partial charge on any atom is -0.497 e. The van der Waals surface area contributed by atoms with Crippen molar-refractivity contribution >= 4 is 40.6 Å². The number of carbonyl (C=O) groups excluding carboxylic acids is 1. The average Bonchev–Trinajstić information content (AvgIpc) is 3.48. The molecule has 0 spiro atoms. The van der Waals surface area contributed by atoms with Crippen molar-refractivity contribution in [3.8, 4) is 23.0 Å². The van der Waals surface area contributed by atoms with E-state index in [1.54, 1.807) is 32.4 Å². The summed E-state index contributed by atoms with van der Waals surface area (Å²) in [7, 11) is 3.12. The lowest BCUT2D eigenvalue weighted by molar-refractivity contribution is -0.115. The number of amides is 1. The van der Waals surface area contributed by atoms with Gasteiger partial charge in [-0.2, -0.15) is 4.99 Å². The fourth-order valence-corrected chi connectivity index (χ4v) is 4.42. The van der Waals surface area contributed by atoms with Crippen molar-refractivity contribution in [1.29, 1.82) is 0 Å². The van der Waals surface area contributed by atoms with Crippen LogP contribution in [0.3, 0.4) is 0 Å². The maximum absolute atomic E-state index is 12.5. The van der Waals surface area contributed by atoms with Gasteiger partial charge in [0.05, 0.1) is 32.1 Å². The molecule has 0 saturated carbocycles. The predicted molar refractivity (Wildman–Crippen MR) is 127 cm³/mol. The normalized spacial score (nSPS) is 11.5. The van der Waals surface area contributed by atoms with E-state index in [0.717, 1.165) is 17.3 Å². The molecule has 0 radical (unpaired) electrons. The van der Waals surface area contributed by atoms with Crippen molar-refractivity contribution in [2.45, 2.75) is 11.8 Å². The lowest BCUT2D eigenvalue weighted by Crippen LogP contribution is -2.17. The number of nitrogens with zero attached hydrogens (tertiary/aromatic N) is 4. The van der Waals surface area contributed by atoms with Crippen LogP contribution in [0.5, 0.6) is 11.5 Å². The van der Waals surface area contributed by atoms with E-state index in [-0.39, 0.29) is 22.8 Å². The Kier molecular flexibility index (Phi) is 7.48. The number of aromatic nitrogens is 3. The minimum absolute atomic E-state index is 0.0609. The minimum atomic E-state index is -0.308. The maximum atomic E-state index is 12.5. The molecule has 0 atom stereocenters. The van der Waals surface area contributed by atoms with E-state index in [2.05, 4.69) is 15.2 Å². The van der Waals surface area contributed by atoms with Crippen LogP contribution in [0.4, 0.5) is 0 Å².